The molecular weight excluding hydrogens is 274 g/mol. The summed E-state index contributed by atoms with van der Waals surface area (Å²) in [5, 5.41) is 11.0. The van der Waals surface area contributed by atoms with E-state index < -0.39 is 0 Å². The minimum Gasteiger partial charge on any atom is -0.311 e. The van der Waals surface area contributed by atoms with Crippen molar-refractivity contribution in [2.24, 2.45) is 0 Å². The van der Waals surface area contributed by atoms with Crippen LogP contribution in [0.4, 0.5) is 0 Å². The lowest BCUT2D eigenvalue weighted by Crippen LogP contribution is -2.51. The maximum atomic E-state index is 4.21. The van der Waals surface area contributed by atoms with Crippen molar-refractivity contribution in [1.82, 2.24) is 25.3 Å². The van der Waals surface area contributed by atoms with E-state index in [1.54, 1.807) is 0 Å². The highest BCUT2D eigenvalue weighted by molar-refractivity contribution is 5.23. The Balaban J connectivity index is 1.76. The van der Waals surface area contributed by atoms with Crippen LogP contribution in [-0.4, -0.2) is 65.3 Å². The maximum Gasteiger partial charge on any atom is 0.0535 e. The van der Waals surface area contributed by atoms with Gasteiger partial charge in [-0.25, -0.2) is 0 Å². The van der Waals surface area contributed by atoms with Gasteiger partial charge in [0.15, 0.2) is 0 Å². The second kappa shape index (κ2) is 7.57. The third-order valence-corrected chi connectivity index (χ3v) is 4.70. The fourth-order valence-electron chi connectivity index (χ4n) is 3.16. The largest absolute Gasteiger partial charge is 0.311 e. The van der Waals surface area contributed by atoms with Crippen molar-refractivity contribution < 1.29 is 0 Å². The molecule has 0 aromatic carbocycles. The van der Waals surface area contributed by atoms with Crippen LogP contribution >= 0.6 is 0 Å². The molecule has 1 aromatic rings. The molecule has 1 aliphatic heterocycles. The monoisotopic (exact) mass is 307 g/mol. The Bertz CT molecular complexity index is 440. The number of rotatable bonds is 6. The number of hydrogen-bond acceptors (Lipinski definition) is 4. The van der Waals surface area contributed by atoms with Crippen molar-refractivity contribution in [2.45, 2.75) is 52.6 Å². The summed E-state index contributed by atoms with van der Waals surface area (Å²) in [4.78, 5) is 5.12. The predicted molar refractivity (Wildman–Crippen MR) is 92.1 cm³/mol. The molecular formula is C17H33N5. The lowest BCUT2D eigenvalue weighted by atomic mass is 9.89. The zero-order chi connectivity index (χ0) is 16.2. The van der Waals surface area contributed by atoms with Gasteiger partial charge in [0.25, 0.3) is 0 Å². The Morgan fingerprint density at radius 1 is 1.27 bits per heavy atom. The van der Waals surface area contributed by atoms with Gasteiger partial charge in [0, 0.05) is 62.0 Å². The summed E-state index contributed by atoms with van der Waals surface area (Å²) in [7, 11) is 0. The summed E-state index contributed by atoms with van der Waals surface area (Å²) >= 11 is 0. The van der Waals surface area contributed by atoms with Crippen LogP contribution in [0.5, 0.6) is 0 Å². The third kappa shape index (κ3) is 4.54. The highest BCUT2D eigenvalue weighted by Gasteiger charge is 2.21. The van der Waals surface area contributed by atoms with Gasteiger partial charge in [0.2, 0.25) is 0 Å². The average molecular weight is 307 g/mol. The molecule has 2 rings (SSSR count). The van der Waals surface area contributed by atoms with E-state index in [-0.39, 0.29) is 5.41 Å². The van der Waals surface area contributed by atoms with Gasteiger partial charge in [-0.05, 0) is 13.5 Å². The van der Waals surface area contributed by atoms with E-state index in [4.69, 9.17) is 0 Å². The van der Waals surface area contributed by atoms with Crippen LogP contribution in [0.15, 0.2) is 6.20 Å². The average Bonchev–Trinajstić information content (AvgIpc) is 2.96. The van der Waals surface area contributed by atoms with Crippen molar-refractivity contribution in [3.8, 4) is 0 Å². The van der Waals surface area contributed by atoms with E-state index in [2.05, 4.69) is 59.9 Å². The minimum absolute atomic E-state index is 0.121. The van der Waals surface area contributed by atoms with Gasteiger partial charge in [-0.2, -0.15) is 5.10 Å². The van der Waals surface area contributed by atoms with E-state index in [0.29, 0.717) is 6.04 Å². The topological polar surface area (TPSA) is 47.2 Å². The molecule has 0 bridgehead atoms. The van der Waals surface area contributed by atoms with Crippen LogP contribution in [0.25, 0.3) is 0 Å². The van der Waals surface area contributed by atoms with Gasteiger partial charge in [-0.3, -0.25) is 10.00 Å². The normalized spacial score (nSPS) is 19.5. The number of likely N-dealkylation sites (N-methyl/N-ethyl adjacent to an activating group) is 1. The summed E-state index contributed by atoms with van der Waals surface area (Å²) in [6.45, 7) is 19.1. The Labute approximate surface area is 135 Å². The fourth-order valence-corrected chi connectivity index (χ4v) is 3.16. The Hall–Kier alpha value is -0.910. The summed E-state index contributed by atoms with van der Waals surface area (Å²) in [5.74, 6) is 0. The summed E-state index contributed by atoms with van der Waals surface area (Å²) < 4.78 is 0. The Kier molecular flexibility index (Phi) is 6.01. The molecule has 0 spiro atoms. The predicted octanol–water partition coefficient (Wildman–Crippen LogP) is 1.82. The molecule has 1 unspecified atom stereocenters. The molecule has 2 heterocycles. The SMILES string of the molecule is CCN1CCN(C(C)CNCc2cn[nH]c2C(C)(C)C)CC1. The van der Waals surface area contributed by atoms with Crippen molar-refractivity contribution in [1.29, 1.82) is 0 Å². The van der Waals surface area contributed by atoms with Gasteiger partial charge in [-0.15, -0.1) is 0 Å². The molecule has 1 atom stereocenters. The Morgan fingerprint density at radius 2 is 1.95 bits per heavy atom. The van der Waals surface area contributed by atoms with Gasteiger partial charge in [0.1, 0.15) is 0 Å². The molecule has 5 nitrogen and oxygen atoms in total. The molecule has 22 heavy (non-hydrogen) atoms. The smallest absolute Gasteiger partial charge is 0.0535 e. The molecule has 1 aliphatic rings. The molecule has 1 aromatic heterocycles. The third-order valence-electron chi connectivity index (χ3n) is 4.70. The number of H-pyrrole nitrogens is 1. The molecule has 1 fully saturated rings. The van der Waals surface area contributed by atoms with Crippen LogP contribution in [0.1, 0.15) is 45.9 Å². The first-order valence-electron chi connectivity index (χ1n) is 8.61. The number of aromatic amines is 1. The van der Waals surface area contributed by atoms with Gasteiger partial charge < -0.3 is 10.2 Å². The standard InChI is InChI=1S/C17H33N5/c1-6-21-7-9-22(10-8-21)14(2)11-18-12-15-13-19-20-16(15)17(3,4)5/h13-14,18H,6-12H2,1-5H3,(H,19,20). The molecule has 1 saturated heterocycles. The first kappa shape index (κ1) is 17.4. The molecule has 0 saturated carbocycles. The highest BCUT2D eigenvalue weighted by Crippen LogP contribution is 2.23. The van der Waals surface area contributed by atoms with E-state index >= 15 is 0 Å². The van der Waals surface area contributed by atoms with Crippen LogP contribution in [0, 0.1) is 0 Å². The second-order valence-corrected chi connectivity index (χ2v) is 7.47. The van der Waals surface area contributed by atoms with Crippen LogP contribution in [0.3, 0.4) is 0 Å². The van der Waals surface area contributed by atoms with Gasteiger partial charge in [0.05, 0.1) is 6.20 Å². The number of hydrogen-bond donors (Lipinski definition) is 2. The molecule has 2 N–H and O–H groups in total. The number of piperazine rings is 1. The van der Waals surface area contributed by atoms with E-state index in [1.807, 2.05) is 6.20 Å². The molecule has 126 valence electrons. The summed E-state index contributed by atoms with van der Waals surface area (Å²) in [5.41, 5.74) is 2.65. The van der Waals surface area contributed by atoms with Crippen molar-refractivity contribution >= 4 is 0 Å². The zero-order valence-electron chi connectivity index (χ0n) is 14.9. The molecule has 0 amide bonds. The van der Waals surface area contributed by atoms with Crippen LogP contribution < -0.4 is 5.32 Å². The quantitative estimate of drug-likeness (QED) is 0.842. The number of nitrogens with one attached hydrogen (secondary N) is 2. The lowest BCUT2D eigenvalue weighted by molar-refractivity contribution is 0.105. The zero-order valence-corrected chi connectivity index (χ0v) is 14.9. The second-order valence-electron chi connectivity index (χ2n) is 7.47. The number of nitrogens with zero attached hydrogens (tertiary/aromatic N) is 3. The van der Waals surface area contributed by atoms with Gasteiger partial charge >= 0.3 is 0 Å². The van der Waals surface area contributed by atoms with Crippen molar-refractivity contribution in [3.63, 3.8) is 0 Å². The summed E-state index contributed by atoms with van der Waals surface area (Å²) in [6.07, 6.45) is 1.96. The molecule has 5 heteroatoms. The van der Waals surface area contributed by atoms with Crippen LogP contribution in [0.2, 0.25) is 0 Å². The molecule has 0 aliphatic carbocycles. The van der Waals surface area contributed by atoms with Crippen LogP contribution in [-0.2, 0) is 12.0 Å². The summed E-state index contributed by atoms with van der Waals surface area (Å²) in [6, 6.07) is 0.587. The maximum absolute atomic E-state index is 4.21. The van der Waals surface area contributed by atoms with E-state index in [0.717, 1.165) is 13.1 Å². The minimum atomic E-state index is 0.121. The Morgan fingerprint density at radius 3 is 2.55 bits per heavy atom. The first-order valence-corrected chi connectivity index (χ1v) is 8.61. The van der Waals surface area contributed by atoms with Crippen molar-refractivity contribution in [3.05, 3.63) is 17.5 Å². The first-order chi connectivity index (χ1) is 10.4. The van der Waals surface area contributed by atoms with Crippen molar-refractivity contribution in [2.75, 3.05) is 39.3 Å². The van der Waals surface area contributed by atoms with E-state index in [9.17, 15) is 0 Å². The number of aromatic nitrogens is 2. The molecule has 0 radical (unpaired) electrons. The highest BCUT2D eigenvalue weighted by atomic mass is 15.3. The fraction of sp³-hybridized carbons (Fsp3) is 0.824. The van der Waals surface area contributed by atoms with Gasteiger partial charge in [-0.1, -0.05) is 27.7 Å². The van der Waals surface area contributed by atoms with E-state index in [1.165, 1.54) is 44.0 Å². The lowest BCUT2D eigenvalue weighted by Gasteiger charge is -2.37.